The van der Waals surface area contributed by atoms with Crippen LogP contribution in [0.4, 0.5) is 5.69 Å². The Hall–Kier alpha value is -4.20. The normalized spacial score (nSPS) is 15.5. The fraction of sp³-hybridized carbons (Fsp3) is 0.231. The molecule has 1 atom stereocenters. The third-order valence-corrected chi connectivity index (χ3v) is 5.67. The maximum atomic E-state index is 13.2. The average molecular weight is 460 g/mol. The molecule has 1 fully saturated rings. The number of benzene rings is 3. The SMILES string of the molecule is CCOc1ccc(N2C(=O)CC(N(NC(=O)c3cccc4ccccc34)C(=O)CC)C2=O)cc1. The first-order valence-corrected chi connectivity index (χ1v) is 11.1. The van der Waals surface area contributed by atoms with Crippen LogP contribution in [0.1, 0.15) is 37.0 Å². The third kappa shape index (κ3) is 4.34. The first-order chi connectivity index (χ1) is 16.4. The van der Waals surface area contributed by atoms with Gasteiger partial charge in [0.05, 0.1) is 18.7 Å². The zero-order valence-electron chi connectivity index (χ0n) is 19.0. The molecule has 0 aromatic heterocycles. The molecule has 1 heterocycles. The van der Waals surface area contributed by atoms with E-state index in [0.717, 1.165) is 20.7 Å². The second-order valence-corrected chi connectivity index (χ2v) is 7.80. The van der Waals surface area contributed by atoms with Gasteiger partial charge in [-0.2, -0.15) is 0 Å². The predicted molar refractivity (Wildman–Crippen MR) is 127 cm³/mol. The van der Waals surface area contributed by atoms with E-state index in [0.29, 0.717) is 23.6 Å². The number of hydrogen-bond donors (Lipinski definition) is 1. The van der Waals surface area contributed by atoms with E-state index in [-0.39, 0.29) is 12.8 Å². The van der Waals surface area contributed by atoms with Crippen LogP contribution in [0.5, 0.6) is 5.75 Å². The van der Waals surface area contributed by atoms with Gasteiger partial charge in [-0.25, -0.2) is 9.91 Å². The first-order valence-electron chi connectivity index (χ1n) is 11.1. The summed E-state index contributed by atoms with van der Waals surface area (Å²) in [4.78, 5) is 53.0. The number of amides is 4. The van der Waals surface area contributed by atoms with Gasteiger partial charge in [-0.05, 0) is 48.0 Å². The molecular formula is C26H25N3O5. The summed E-state index contributed by atoms with van der Waals surface area (Å²) in [6, 6.07) is 18.1. The van der Waals surface area contributed by atoms with Crippen molar-refractivity contribution in [1.82, 2.24) is 10.4 Å². The molecule has 1 N–H and O–H groups in total. The van der Waals surface area contributed by atoms with Crippen LogP contribution in [0.15, 0.2) is 66.7 Å². The number of imide groups is 1. The average Bonchev–Trinajstić information content (AvgIpc) is 3.15. The molecule has 1 aliphatic rings. The quantitative estimate of drug-likeness (QED) is 0.450. The first kappa shape index (κ1) is 23.0. The number of nitrogens with one attached hydrogen (secondary N) is 1. The van der Waals surface area contributed by atoms with Gasteiger partial charge < -0.3 is 4.74 Å². The Balaban J connectivity index is 1.60. The van der Waals surface area contributed by atoms with Crippen molar-refractivity contribution in [3.63, 3.8) is 0 Å². The molecule has 1 aliphatic heterocycles. The fourth-order valence-electron chi connectivity index (χ4n) is 4.02. The van der Waals surface area contributed by atoms with Crippen LogP contribution in [0.3, 0.4) is 0 Å². The summed E-state index contributed by atoms with van der Waals surface area (Å²) >= 11 is 0. The highest BCUT2D eigenvalue weighted by molar-refractivity contribution is 6.23. The van der Waals surface area contributed by atoms with E-state index in [1.54, 1.807) is 43.3 Å². The highest BCUT2D eigenvalue weighted by atomic mass is 16.5. The molecule has 3 aromatic rings. The van der Waals surface area contributed by atoms with Gasteiger partial charge in [0.15, 0.2) is 0 Å². The summed E-state index contributed by atoms with van der Waals surface area (Å²) in [5, 5.41) is 2.59. The second-order valence-electron chi connectivity index (χ2n) is 7.80. The van der Waals surface area contributed by atoms with Crippen molar-refractivity contribution in [1.29, 1.82) is 0 Å². The van der Waals surface area contributed by atoms with E-state index < -0.39 is 29.7 Å². The lowest BCUT2D eigenvalue weighted by Gasteiger charge is -2.27. The number of carbonyl (C=O) groups excluding carboxylic acids is 4. The predicted octanol–water partition coefficient (Wildman–Crippen LogP) is 3.45. The molecule has 4 amide bonds. The monoisotopic (exact) mass is 459 g/mol. The van der Waals surface area contributed by atoms with Crippen molar-refractivity contribution >= 4 is 40.1 Å². The number of ether oxygens (including phenoxy) is 1. The minimum atomic E-state index is -1.13. The number of fused-ring (bicyclic) bond motifs is 1. The number of nitrogens with zero attached hydrogens (tertiary/aromatic N) is 2. The van der Waals surface area contributed by atoms with Gasteiger partial charge in [-0.1, -0.05) is 43.3 Å². The molecule has 0 aliphatic carbocycles. The topological polar surface area (TPSA) is 96.0 Å². The van der Waals surface area contributed by atoms with Crippen molar-refractivity contribution in [2.45, 2.75) is 32.7 Å². The van der Waals surface area contributed by atoms with Crippen LogP contribution in [0.2, 0.25) is 0 Å². The number of rotatable bonds is 6. The van der Waals surface area contributed by atoms with Gasteiger partial charge in [0.2, 0.25) is 11.8 Å². The Labute approximate surface area is 197 Å². The lowest BCUT2D eigenvalue weighted by molar-refractivity contribution is -0.140. The van der Waals surface area contributed by atoms with Crippen LogP contribution in [0.25, 0.3) is 10.8 Å². The Morgan fingerprint density at radius 2 is 1.71 bits per heavy atom. The second kappa shape index (κ2) is 9.74. The van der Waals surface area contributed by atoms with Gasteiger partial charge in [-0.3, -0.25) is 24.6 Å². The lowest BCUT2D eigenvalue weighted by Crippen LogP contribution is -2.54. The molecule has 174 valence electrons. The molecule has 34 heavy (non-hydrogen) atoms. The number of anilines is 1. The Bertz CT molecular complexity index is 1250. The molecule has 1 unspecified atom stereocenters. The van der Waals surface area contributed by atoms with Crippen LogP contribution in [0, 0.1) is 0 Å². The summed E-state index contributed by atoms with van der Waals surface area (Å²) < 4.78 is 5.41. The highest BCUT2D eigenvalue weighted by Gasteiger charge is 2.45. The van der Waals surface area contributed by atoms with E-state index in [4.69, 9.17) is 4.74 Å². The summed E-state index contributed by atoms with van der Waals surface area (Å²) in [5.41, 5.74) is 3.34. The van der Waals surface area contributed by atoms with Crippen LogP contribution in [-0.4, -0.2) is 41.3 Å². The Morgan fingerprint density at radius 1 is 1.00 bits per heavy atom. The van der Waals surface area contributed by atoms with Gasteiger partial charge >= 0.3 is 0 Å². The van der Waals surface area contributed by atoms with Crippen molar-refractivity contribution in [3.8, 4) is 5.75 Å². The van der Waals surface area contributed by atoms with Crippen LogP contribution < -0.4 is 15.1 Å². The molecule has 8 nitrogen and oxygen atoms in total. The van der Waals surface area contributed by atoms with E-state index in [2.05, 4.69) is 5.43 Å². The molecule has 4 rings (SSSR count). The van der Waals surface area contributed by atoms with Gasteiger partial charge in [0.1, 0.15) is 11.8 Å². The van der Waals surface area contributed by atoms with Gasteiger partial charge in [-0.15, -0.1) is 0 Å². The third-order valence-electron chi connectivity index (χ3n) is 5.67. The minimum Gasteiger partial charge on any atom is -0.494 e. The van der Waals surface area contributed by atoms with Gasteiger partial charge in [0, 0.05) is 12.0 Å². The zero-order valence-corrected chi connectivity index (χ0v) is 19.0. The molecule has 0 spiro atoms. The summed E-state index contributed by atoms with van der Waals surface area (Å²) in [7, 11) is 0. The molecule has 8 heteroatoms. The molecule has 0 saturated carbocycles. The zero-order chi connectivity index (χ0) is 24.2. The summed E-state index contributed by atoms with van der Waals surface area (Å²) in [6.07, 6.45) is -0.176. The molecule has 1 saturated heterocycles. The van der Waals surface area contributed by atoms with E-state index >= 15 is 0 Å². The van der Waals surface area contributed by atoms with Gasteiger partial charge in [0.25, 0.3) is 11.8 Å². The van der Waals surface area contributed by atoms with E-state index in [9.17, 15) is 19.2 Å². The number of hydrogen-bond acceptors (Lipinski definition) is 5. The molecular weight excluding hydrogens is 434 g/mol. The maximum absolute atomic E-state index is 13.2. The largest absolute Gasteiger partial charge is 0.494 e. The molecule has 3 aromatic carbocycles. The molecule has 0 bridgehead atoms. The summed E-state index contributed by atoms with van der Waals surface area (Å²) in [5.74, 6) is -1.40. The van der Waals surface area contributed by atoms with E-state index in [1.807, 2.05) is 37.3 Å². The number of hydrazine groups is 1. The van der Waals surface area contributed by atoms with Crippen LogP contribution >= 0.6 is 0 Å². The summed E-state index contributed by atoms with van der Waals surface area (Å²) in [6.45, 7) is 3.98. The van der Waals surface area contributed by atoms with Crippen molar-refractivity contribution < 1.29 is 23.9 Å². The highest BCUT2D eigenvalue weighted by Crippen LogP contribution is 2.27. The molecule has 0 radical (unpaired) electrons. The fourth-order valence-corrected chi connectivity index (χ4v) is 4.02. The van der Waals surface area contributed by atoms with Crippen LogP contribution in [-0.2, 0) is 14.4 Å². The Morgan fingerprint density at radius 3 is 2.41 bits per heavy atom. The Kier molecular flexibility index (Phi) is 6.58. The van der Waals surface area contributed by atoms with Crippen molar-refractivity contribution in [3.05, 3.63) is 72.3 Å². The maximum Gasteiger partial charge on any atom is 0.270 e. The van der Waals surface area contributed by atoms with Crippen molar-refractivity contribution in [2.75, 3.05) is 11.5 Å². The standard InChI is InChI=1S/C26H25N3O5/c1-3-23(30)29(27-25(32)21-11-7-9-17-8-5-6-10-20(17)21)22-16-24(31)28(26(22)33)18-12-14-19(15-13-18)34-4-2/h5-15,22H,3-4,16H2,1-2H3,(H,27,32). The lowest BCUT2D eigenvalue weighted by atomic mass is 10.0. The van der Waals surface area contributed by atoms with Crippen molar-refractivity contribution in [2.24, 2.45) is 0 Å². The smallest absolute Gasteiger partial charge is 0.270 e. The minimum absolute atomic E-state index is 0.0524. The number of carbonyl (C=O) groups is 4. The van der Waals surface area contributed by atoms with E-state index in [1.165, 1.54) is 0 Å².